The molecular weight excluding hydrogens is 350 g/mol. The third-order valence-electron chi connectivity index (χ3n) is 5.75. The average Bonchev–Trinajstić information content (AvgIpc) is 3.41. The number of anilines is 1. The summed E-state index contributed by atoms with van der Waals surface area (Å²) in [5, 5.41) is 6.35. The lowest BCUT2D eigenvalue weighted by Gasteiger charge is -2.38. The Bertz CT molecular complexity index is 624. The zero-order valence-corrected chi connectivity index (χ0v) is 15.9. The molecule has 0 radical (unpaired) electrons. The number of aromatic nitrogens is 1. The monoisotopic (exact) mass is 377 g/mol. The van der Waals surface area contributed by atoms with Crippen LogP contribution in [0.1, 0.15) is 19.3 Å². The first-order chi connectivity index (χ1) is 12.7. The Kier molecular flexibility index (Phi) is 5.40. The van der Waals surface area contributed by atoms with Gasteiger partial charge in [-0.05, 0) is 19.3 Å². The molecule has 3 aliphatic rings. The molecule has 3 saturated heterocycles. The van der Waals surface area contributed by atoms with Crippen LogP contribution in [0.5, 0.6) is 0 Å². The van der Waals surface area contributed by atoms with E-state index < -0.39 is 0 Å². The molecule has 3 fully saturated rings. The Labute approximate surface area is 158 Å². The minimum atomic E-state index is -0.0771. The first-order valence-corrected chi connectivity index (χ1v) is 10.5. The van der Waals surface area contributed by atoms with E-state index in [1.807, 2.05) is 21.4 Å². The van der Waals surface area contributed by atoms with E-state index in [-0.39, 0.29) is 23.7 Å². The van der Waals surface area contributed by atoms with Crippen molar-refractivity contribution in [1.29, 1.82) is 0 Å². The molecule has 7 nitrogen and oxygen atoms in total. The SMILES string of the molecule is O=C([C@@H]1CNC[C@H](C(=O)N2CCCC2)C1)N1CCN(c2nccs2)CC1. The molecule has 2 atom stereocenters. The van der Waals surface area contributed by atoms with E-state index >= 15 is 0 Å². The molecule has 2 amide bonds. The van der Waals surface area contributed by atoms with E-state index in [1.54, 1.807) is 11.3 Å². The van der Waals surface area contributed by atoms with Crippen LogP contribution in [0.4, 0.5) is 5.13 Å². The van der Waals surface area contributed by atoms with Crippen LogP contribution in [0.3, 0.4) is 0 Å². The van der Waals surface area contributed by atoms with Gasteiger partial charge < -0.3 is 20.0 Å². The lowest BCUT2D eigenvalue weighted by molar-refractivity contribution is -0.140. The van der Waals surface area contributed by atoms with Gasteiger partial charge in [0, 0.05) is 63.9 Å². The highest BCUT2D eigenvalue weighted by Crippen LogP contribution is 2.24. The van der Waals surface area contributed by atoms with Gasteiger partial charge >= 0.3 is 0 Å². The number of carbonyl (C=O) groups is 2. The van der Waals surface area contributed by atoms with E-state index in [2.05, 4.69) is 15.2 Å². The third-order valence-corrected chi connectivity index (χ3v) is 6.58. The number of amides is 2. The fourth-order valence-electron chi connectivity index (χ4n) is 4.26. The predicted molar refractivity (Wildman–Crippen MR) is 101 cm³/mol. The summed E-state index contributed by atoms with van der Waals surface area (Å²) in [5.74, 6) is 0.315. The number of hydrogen-bond acceptors (Lipinski definition) is 6. The zero-order chi connectivity index (χ0) is 17.9. The molecule has 1 aromatic heterocycles. The minimum Gasteiger partial charge on any atom is -0.345 e. The van der Waals surface area contributed by atoms with Crippen LogP contribution < -0.4 is 10.2 Å². The first kappa shape index (κ1) is 17.7. The quantitative estimate of drug-likeness (QED) is 0.837. The van der Waals surface area contributed by atoms with Crippen LogP contribution in [0, 0.1) is 11.8 Å². The molecule has 1 aromatic rings. The topological polar surface area (TPSA) is 68.8 Å². The van der Waals surface area contributed by atoms with Crippen LogP contribution in [0.15, 0.2) is 11.6 Å². The molecule has 4 heterocycles. The van der Waals surface area contributed by atoms with Gasteiger partial charge in [-0.25, -0.2) is 4.98 Å². The number of carbonyl (C=O) groups excluding carboxylic acids is 2. The minimum absolute atomic E-state index is 0.0487. The summed E-state index contributed by atoms with van der Waals surface area (Å²) in [6.07, 6.45) is 4.73. The fraction of sp³-hybridized carbons (Fsp3) is 0.722. The van der Waals surface area contributed by atoms with Crippen molar-refractivity contribution in [2.75, 3.05) is 57.3 Å². The van der Waals surface area contributed by atoms with Gasteiger partial charge in [0.25, 0.3) is 0 Å². The van der Waals surface area contributed by atoms with Crippen molar-refractivity contribution < 1.29 is 9.59 Å². The van der Waals surface area contributed by atoms with Gasteiger partial charge in [-0.15, -0.1) is 11.3 Å². The van der Waals surface area contributed by atoms with Crippen molar-refractivity contribution in [1.82, 2.24) is 20.1 Å². The number of nitrogens with zero attached hydrogens (tertiary/aromatic N) is 4. The summed E-state index contributed by atoms with van der Waals surface area (Å²) in [5.41, 5.74) is 0. The maximum atomic E-state index is 13.0. The summed E-state index contributed by atoms with van der Waals surface area (Å²) in [6.45, 7) is 6.29. The lowest BCUT2D eigenvalue weighted by atomic mass is 9.88. The van der Waals surface area contributed by atoms with Crippen molar-refractivity contribution in [3.8, 4) is 0 Å². The molecule has 142 valence electrons. The summed E-state index contributed by atoms with van der Waals surface area (Å²) >= 11 is 1.64. The molecule has 0 bridgehead atoms. The molecular formula is C18H27N5O2S. The predicted octanol–water partition coefficient (Wildman–Crippen LogP) is 0.640. The van der Waals surface area contributed by atoms with E-state index in [4.69, 9.17) is 0 Å². The largest absolute Gasteiger partial charge is 0.345 e. The Morgan fingerprint density at radius 2 is 1.58 bits per heavy atom. The van der Waals surface area contributed by atoms with Gasteiger partial charge in [-0.1, -0.05) is 0 Å². The Morgan fingerprint density at radius 3 is 2.15 bits per heavy atom. The Morgan fingerprint density at radius 1 is 0.962 bits per heavy atom. The van der Waals surface area contributed by atoms with Crippen LogP contribution in [0.2, 0.25) is 0 Å². The number of piperidine rings is 1. The van der Waals surface area contributed by atoms with Gasteiger partial charge in [0.05, 0.1) is 11.8 Å². The number of nitrogens with one attached hydrogen (secondary N) is 1. The summed E-state index contributed by atoms with van der Waals surface area (Å²) < 4.78 is 0. The average molecular weight is 378 g/mol. The number of rotatable bonds is 3. The molecule has 0 saturated carbocycles. The van der Waals surface area contributed by atoms with Crippen LogP contribution in [0.25, 0.3) is 0 Å². The molecule has 0 aromatic carbocycles. The molecule has 8 heteroatoms. The molecule has 26 heavy (non-hydrogen) atoms. The van der Waals surface area contributed by atoms with Crippen LogP contribution >= 0.6 is 11.3 Å². The standard InChI is InChI=1S/C18H27N5O2S/c24-16(21-4-1-2-5-21)14-11-15(13-19-12-14)17(25)22-6-8-23(9-7-22)18-20-3-10-26-18/h3,10,14-15,19H,1-2,4-9,11-13H2/t14-,15+/m1/s1. The second-order valence-electron chi connectivity index (χ2n) is 7.45. The Hall–Kier alpha value is -1.67. The lowest BCUT2D eigenvalue weighted by Crippen LogP contribution is -2.54. The molecule has 4 rings (SSSR count). The maximum absolute atomic E-state index is 13.0. The van der Waals surface area contributed by atoms with Crippen molar-refractivity contribution in [2.45, 2.75) is 19.3 Å². The van der Waals surface area contributed by atoms with Gasteiger partial charge in [-0.2, -0.15) is 0 Å². The van der Waals surface area contributed by atoms with E-state index in [0.29, 0.717) is 19.5 Å². The second-order valence-corrected chi connectivity index (χ2v) is 8.32. The summed E-state index contributed by atoms with van der Waals surface area (Å²) in [7, 11) is 0. The highest BCUT2D eigenvalue weighted by molar-refractivity contribution is 7.13. The number of thiazole rings is 1. The summed E-state index contributed by atoms with van der Waals surface area (Å²) in [6, 6.07) is 0. The van der Waals surface area contributed by atoms with Gasteiger partial charge in [0.1, 0.15) is 0 Å². The summed E-state index contributed by atoms with van der Waals surface area (Å²) in [4.78, 5) is 36.2. The van der Waals surface area contributed by atoms with Crippen molar-refractivity contribution in [3.05, 3.63) is 11.6 Å². The highest BCUT2D eigenvalue weighted by atomic mass is 32.1. The van der Waals surface area contributed by atoms with Gasteiger partial charge in [-0.3, -0.25) is 9.59 Å². The molecule has 3 aliphatic heterocycles. The maximum Gasteiger partial charge on any atom is 0.227 e. The Balaban J connectivity index is 1.31. The smallest absolute Gasteiger partial charge is 0.227 e. The third kappa shape index (κ3) is 3.71. The van der Waals surface area contributed by atoms with Gasteiger partial charge in [0.2, 0.25) is 11.8 Å². The number of hydrogen-bond donors (Lipinski definition) is 1. The normalized spacial score (nSPS) is 27.0. The van der Waals surface area contributed by atoms with E-state index in [9.17, 15) is 9.59 Å². The van der Waals surface area contributed by atoms with Crippen LogP contribution in [-0.4, -0.2) is 79.0 Å². The van der Waals surface area contributed by atoms with Crippen LogP contribution in [-0.2, 0) is 9.59 Å². The van der Waals surface area contributed by atoms with Crippen molar-refractivity contribution in [3.63, 3.8) is 0 Å². The van der Waals surface area contributed by atoms with E-state index in [1.165, 1.54) is 0 Å². The second kappa shape index (κ2) is 7.92. The number of likely N-dealkylation sites (tertiary alicyclic amines) is 1. The molecule has 1 N–H and O–H groups in total. The first-order valence-electron chi connectivity index (χ1n) is 9.65. The van der Waals surface area contributed by atoms with Crippen molar-refractivity contribution in [2.24, 2.45) is 11.8 Å². The van der Waals surface area contributed by atoms with Gasteiger partial charge in [0.15, 0.2) is 5.13 Å². The highest BCUT2D eigenvalue weighted by Gasteiger charge is 2.36. The molecule has 0 aliphatic carbocycles. The van der Waals surface area contributed by atoms with Crippen molar-refractivity contribution >= 4 is 28.3 Å². The number of piperazine rings is 1. The molecule has 0 spiro atoms. The zero-order valence-electron chi connectivity index (χ0n) is 15.1. The van der Waals surface area contributed by atoms with E-state index in [0.717, 1.165) is 57.2 Å². The molecule has 0 unspecified atom stereocenters. The fourth-order valence-corrected chi connectivity index (χ4v) is 4.96.